The number of esters is 2. The van der Waals surface area contributed by atoms with E-state index in [-0.39, 0.29) is 47.3 Å². The molecule has 0 aliphatic carbocycles. The van der Waals surface area contributed by atoms with Crippen molar-refractivity contribution in [3.63, 3.8) is 0 Å². The number of hydrogen-bond acceptors (Lipinski definition) is 14. The fraction of sp³-hybridized carbons (Fsp3) is 0.459. The van der Waals surface area contributed by atoms with Gasteiger partial charge in [-0.05, 0) is 144 Å². The fourth-order valence-corrected chi connectivity index (χ4v) is 9.66. The molecule has 19 heteroatoms. The molecule has 0 fully saturated rings. The van der Waals surface area contributed by atoms with E-state index >= 15 is 0 Å². The summed E-state index contributed by atoms with van der Waals surface area (Å²) in [5.74, 6) is -3.20. The molecule has 0 bridgehead atoms. The zero-order valence-corrected chi connectivity index (χ0v) is 51.2. The van der Waals surface area contributed by atoms with Crippen LogP contribution in [0.15, 0.2) is 94.2 Å². The highest BCUT2D eigenvalue weighted by molar-refractivity contribution is 6.76. The van der Waals surface area contributed by atoms with Crippen molar-refractivity contribution in [3.8, 4) is 0 Å². The van der Waals surface area contributed by atoms with E-state index in [1.54, 1.807) is 51.7 Å². The smallest absolute Gasteiger partial charge is 0.412 e. The zero-order chi connectivity index (χ0) is 59.0. The van der Waals surface area contributed by atoms with Gasteiger partial charge >= 0.3 is 18.0 Å². The van der Waals surface area contributed by atoms with Crippen LogP contribution in [0.2, 0.25) is 39.3 Å². The number of nitrogens with one attached hydrogen (secondary N) is 1. The Balaban J connectivity index is 0.000000249. The average Bonchev–Trinajstić information content (AvgIpc) is 4.03. The molecule has 17 nitrogen and oxygen atoms in total. The Bertz CT molecular complexity index is 3020. The first-order chi connectivity index (χ1) is 37.8. The molecule has 0 saturated carbocycles. The highest BCUT2D eigenvalue weighted by Gasteiger charge is 2.33. The van der Waals surface area contributed by atoms with Gasteiger partial charge in [-0.25, -0.2) is 14.8 Å². The van der Waals surface area contributed by atoms with Gasteiger partial charge in [0.25, 0.3) is 17.6 Å². The predicted molar refractivity (Wildman–Crippen MR) is 320 cm³/mol. The molecule has 2 aliphatic rings. The SMILES string of the molecule is CCCCC(C(=O)OCC)c1ccc(NC(=O)OC(C)(C)C)c(C(=O)C(=O)N2Cc3ccccc3C2)c1.CCCCC(C(=O)OCC)c1ccc2nc(N)nc(C(=O)N3Cc4ccccc4C3)c2c1.C[Si](C)(C)N=C=N[Si](C)(C)C. The molecule has 428 valence electrons. The van der Waals surface area contributed by atoms with Crippen LogP contribution in [0.5, 0.6) is 0 Å². The van der Waals surface area contributed by atoms with Gasteiger partial charge in [0, 0.05) is 31.6 Å². The second kappa shape index (κ2) is 28.7. The van der Waals surface area contributed by atoms with Crippen molar-refractivity contribution >= 4 is 80.6 Å². The molecule has 3 N–H and O–H groups in total. The van der Waals surface area contributed by atoms with Crippen LogP contribution in [0, 0.1) is 0 Å². The Labute approximate surface area is 474 Å². The van der Waals surface area contributed by atoms with E-state index in [4.69, 9.17) is 19.9 Å². The van der Waals surface area contributed by atoms with E-state index in [0.29, 0.717) is 62.1 Å². The fourth-order valence-electron chi connectivity index (χ4n) is 8.86. The predicted octanol–water partition coefficient (Wildman–Crippen LogP) is 12.6. The first-order valence-electron chi connectivity index (χ1n) is 27.8. The number of amides is 3. The lowest BCUT2D eigenvalue weighted by atomic mass is 9.91. The largest absolute Gasteiger partial charge is 0.466 e. The van der Waals surface area contributed by atoms with Crippen molar-refractivity contribution in [1.82, 2.24) is 19.8 Å². The number of aromatic nitrogens is 2. The van der Waals surface area contributed by atoms with E-state index in [9.17, 15) is 28.8 Å². The van der Waals surface area contributed by atoms with Crippen LogP contribution in [0.1, 0.15) is 153 Å². The van der Waals surface area contributed by atoms with Crippen LogP contribution in [0.25, 0.3) is 10.9 Å². The summed E-state index contributed by atoms with van der Waals surface area (Å²) in [5, 5.41) is 3.21. The number of rotatable bonds is 18. The highest BCUT2D eigenvalue weighted by Crippen LogP contribution is 2.33. The van der Waals surface area contributed by atoms with Crippen molar-refractivity contribution < 1.29 is 43.0 Å². The lowest BCUT2D eigenvalue weighted by Crippen LogP contribution is -2.33. The van der Waals surface area contributed by atoms with Gasteiger partial charge in [0.2, 0.25) is 5.95 Å². The van der Waals surface area contributed by atoms with Crippen molar-refractivity contribution in [2.75, 3.05) is 24.3 Å². The second-order valence-electron chi connectivity index (χ2n) is 22.9. The summed E-state index contributed by atoms with van der Waals surface area (Å²) in [6.45, 7) is 28.2. The van der Waals surface area contributed by atoms with E-state index < -0.39 is 51.7 Å². The van der Waals surface area contributed by atoms with E-state index in [0.717, 1.165) is 53.5 Å². The quantitative estimate of drug-likeness (QED) is 0.0209. The number of nitrogen functional groups attached to an aromatic ring is 1. The summed E-state index contributed by atoms with van der Waals surface area (Å²) in [7, 11) is -2.63. The summed E-state index contributed by atoms with van der Waals surface area (Å²) in [6, 6.07) is 28.8. The number of nitrogens with zero attached hydrogens (tertiary/aromatic N) is 6. The number of ketones is 1. The van der Waals surface area contributed by atoms with E-state index in [1.165, 1.54) is 17.0 Å². The normalized spacial score (nSPS) is 13.4. The first kappa shape index (κ1) is 63.5. The second-order valence-corrected chi connectivity index (χ2v) is 32.0. The van der Waals surface area contributed by atoms with Crippen LogP contribution < -0.4 is 11.1 Å². The summed E-state index contributed by atoms with van der Waals surface area (Å²) >= 11 is 0. The Hall–Kier alpha value is -7.35. The third kappa shape index (κ3) is 18.6. The van der Waals surface area contributed by atoms with Crippen LogP contribution in [0.3, 0.4) is 0 Å². The molecule has 2 atom stereocenters. The minimum absolute atomic E-state index is 0.00936. The number of benzene rings is 4. The molecule has 0 saturated heterocycles. The minimum atomic E-state index is -1.31. The van der Waals surface area contributed by atoms with Crippen molar-refractivity contribution in [2.24, 2.45) is 9.32 Å². The van der Waals surface area contributed by atoms with Crippen LogP contribution in [-0.2, 0) is 54.8 Å². The number of carbonyl (C=O) groups excluding carboxylic acids is 6. The van der Waals surface area contributed by atoms with E-state index in [2.05, 4.69) is 76.8 Å². The molecule has 5 aromatic rings. The lowest BCUT2D eigenvalue weighted by molar-refractivity contribution is -0.146. The number of hydrogen-bond donors (Lipinski definition) is 2. The van der Waals surface area contributed by atoms with Gasteiger partial charge in [0.15, 0.2) is 16.5 Å². The van der Waals surface area contributed by atoms with E-state index in [1.807, 2.05) is 67.6 Å². The third-order valence-electron chi connectivity index (χ3n) is 12.7. The molecule has 2 aliphatic heterocycles. The molecule has 80 heavy (non-hydrogen) atoms. The van der Waals surface area contributed by atoms with Crippen LogP contribution in [0.4, 0.5) is 16.4 Å². The number of anilines is 2. The molecule has 0 radical (unpaired) electrons. The number of unbranched alkanes of at least 4 members (excludes halogenated alkanes) is 2. The first-order valence-corrected chi connectivity index (χ1v) is 34.6. The summed E-state index contributed by atoms with van der Waals surface area (Å²) < 4.78 is 24.5. The summed E-state index contributed by atoms with van der Waals surface area (Å²) in [4.78, 5) is 90.1. The minimum Gasteiger partial charge on any atom is -0.466 e. The highest BCUT2D eigenvalue weighted by atomic mass is 28.3. The molecule has 2 unspecified atom stereocenters. The zero-order valence-electron chi connectivity index (χ0n) is 49.2. The van der Waals surface area contributed by atoms with Crippen molar-refractivity contribution in [2.45, 2.75) is 170 Å². The number of fused-ring (bicyclic) bond motifs is 3. The van der Waals surface area contributed by atoms with Gasteiger partial charge in [0.1, 0.15) is 11.3 Å². The molecule has 0 spiro atoms. The molecule has 1 aromatic heterocycles. The van der Waals surface area contributed by atoms with Gasteiger partial charge in [-0.15, -0.1) is 0 Å². The average molecular weight is 1130 g/mol. The van der Waals surface area contributed by atoms with Gasteiger partial charge < -0.3 is 29.7 Å². The Morgan fingerprint density at radius 2 is 1.12 bits per heavy atom. The van der Waals surface area contributed by atoms with Gasteiger partial charge in [-0.1, -0.05) is 100 Å². The third-order valence-corrected chi connectivity index (χ3v) is 14.3. The monoisotopic (exact) mass is 1130 g/mol. The maximum Gasteiger partial charge on any atom is 0.412 e. The number of Topliss-reactive ketones (excluding diaryl/α,β-unsaturated/α-hetero) is 1. The number of carbonyl (C=O) groups is 6. The summed E-state index contributed by atoms with van der Waals surface area (Å²) in [6.07, 6.45) is 4.02. The maximum atomic E-state index is 13.6. The molecule has 7 rings (SSSR count). The molecular weight excluding hydrogens is 1040 g/mol. The maximum absolute atomic E-state index is 13.6. The number of ether oxygens (including phenoxy) is 3. The molecule has 3 amide bonds. The number of nitrogens with two attached hydrogens (primary N) is 1. The molecule has 3 heterocycles. The van der Waals surface area contributed by atoms with Crippen molar-refractivity contribution in [3.05, 3.63) is 130 Å². The van der Waals surface area contributed by atoms with Gasteiger partial charge in [-0.2, -0.15) is 0 Å². The Kier molecular flexibility index (Phi) is 22.8. The molecule has 4 aromatic carbocycles. The van der Waals surface area contributed by atoms with Gasteiger partial charge in [-0.3, -0.25) is 38.6 Å². The van der Waals surface area contributed by atoms with Gasteiger partial charge in [0.05, 0.1) is 47.8 Å². The standard InChI is InChI=1S/C29H36N2O6.C25H28N4O3.C7H18N2Si2/c1-6-8-13-22(27(34)36-7-2)19-14-15-24(30-28(35)37-29(3,4)5)23(16-19)25(32)26(33)31-17-20-11-9-10-12-21(20)18-31;1-3-5-10-19(24(31)32-4-2)16-11-12-21-20(13-16)22(28-25(26)27-21)23(30)29-14-17-8-6-7-9-18(17)15-29;1-10(2,3)8-7-9-11(4,5)6/h9-12,14-16,22H,6-8,13,17-18H2,1-5H3,(H,30,35);6-9,11-13,19H,3-5,10,14-15H2,1-2H3,(H2,26,27,28);1-6H3. The topological polar surface area (TPSA) is 225 Å². The summed E-state index contributed by atoms with van der Waals surface area (Å²) in [5.41, 5.74) is 11.8. The Morgan fingerprint density at radius 1 is 0.662 bits per heavy atom. The molecular formula is C61H82N8O9Si2. The van der Waals surface area contributed by atoms with Crippen molar-refractivity contribution in [1.29, 1.82) is 0 Å². The lowest BCUT2D eigenvalue weighted by Gasteiger charge is -2.22. The van der Waals surface area contributed by atoms with Crippen LogP contribution in [-0.4, -0.2) is 96.7 Å². The Morgan fingerprint density at radius 3 is 1.57 bits per heavy atom. The van der Waals surface area contributed by atoms with Crippen LogP contribution >= 0.6 is 0 Å².